The van der Waals surface area contributed by atoms with Crippen molar-refractivity contribution < 1.29 is 19.1 Å². The van der Waals surface area contributed by atoms with E-state index in [4.69, 9.17) is 9.47 Å². The third-order valence-electron chi connectivity index (χ3n) is 3.03. The molecule has 1 rings (SSSR count). The van der Waals surface area contributed by atoms with Crippen LogP contribution in [-0.4, -0.2) is 37.5 Å². The highest BCUT2D eigenvalue weighted by Crippen LogP contribution is 2.15. The molecule has 0 fully saturated rings. The lowest BCUT2D eigenvalue weighted by Gasteiger charge is -2.19. The molecule has 7 nitrogen and oxygen atoms in total. The third-order valence-corrected chi connectivity index (χ3v) is 3.03. The predicted molar refractivity (Wildman–Crippen MR) is 92.2 cm³/mol. The number of nitrogens with one attached hydrogen (secondary N) is 3. The van der Waals surface area contributed by atoms with Gasteiger partial charge >= 0.3 is 12.1 Å². The monoisotopic (exact) mass is 337 g/mol. The lowest BCUT2D eigenvalue weighted by molar-refractivity contribution is 0.0528. The van der Waals surface area contributed by atoms with Gasteiger partial charge in [0.15, 0.2) is 6.73 Å². The van der Waals surface area contributed by atoms with Crippen molar-refractivity contribution in [1.82, 2.24) is 16.0 Å². The van der Waals surface area contributed by atoms with Gasteiger partial charge in [0, 0.05) is 13.1 Å². The maximum atomic E-state index is 11.6. The first-order valence-corrected chi connectivity index (χ1v) is 7.86. The molecule has 0 heterocycles. The molecule has 0 radical (unpaired) electrons. The van der Waals surface area contributed by atoms with Crippen molar-refractivity contribution in [3.05, 3.63) is 29.3 Å². The van der Waals surface area contributed by atoms with Gasteiger partial charge in [0.05, 0.1) is 0 Å². The first kappa shape index (κ1) is 19.6. The fourth-order valence-electron chi connectivity index (χ4n) is 1.71. The Morgan fingerprint density at radius 2 is 1.67 bits per heavy atom. The average molecular weight is 337 g/mol. The van der Waals surface area contributed by atoms with Crippen LogP contribution in [0.2, 0.25) is 0 Å². The second-order valence-corrected chi connectivity index (χ2v) is 6.40. The molecule has 134 valence electrons. The van der Waals surface area contributed by atoms with Crippen molar-refractivity contribution in [3.63, 3.8) is 0 Å². The van der Waals surface area contributed by atoms with E-state index in [9.17, 15) is 9.59 Å². The number of hydrogen-bond donors (Lipinski definition) is 3. The van der Waals surface area contributed by atoms with Crippen LogP contribution in [-0.2, 0) is 4.74 Å². The Balaban J connectivity index is 2.14. The summed E-state index contributed by atoms with van der Waals surface area (Å²) >= 11 is 0. The largest absolute Gasteiger partial charge is 0.473 e. The second-order valence-electron chi connectivity index (χ2n) is 6.40. The van der Waals surface area contributed by atoms with E-state index >= 15 is 0 Å². The minimum absolute atomic E-state index is 0.0633. The number of carbonyl (C=O) groups excluding carboxylic acids is 2. The Morgan fingerprint density at radius 3 is 2.29 bits per heavy atom. The number of ether oxygens (including phenoxy) is 2. The minimum Gasteiger partial charge on any atom is -0.473 e. The summed E-state index contributed by atoms with van der Waals surface area (Å²) < 4.78 is 10.5. The molecule has 0 aliphatic rings. The van der Waals surface area contributed by atoms with Crippen molar-refractivity contribution in [1.29, 1.82) is 0 Å². The number of urea groups is 1. The summed E-state index contributed by atoms with van der Waals surface area (Å²) in [6.45, 7) is 10.0. The molecule has 0 atom stereocenters. The predicted octanol–water partition coefficient (Wildman–Crippen LogP) is 2.46. The SMILES string of the molecule is Cc1ccc(OCNC(=O)NCCNC(=O)OC(C)(C)C)cc1C. The van der Waals surface area contributed by atoms with E-state index in [1.54, 1.807) is 20.8 Å². The third kappa shape index (κ3) is 8.26. The summed E-state index contributed by atoms with van der Waals surface area (Å²) in [7, 11) is 0. The van der Waals surface area contributed by atoms with Crippen molar-refractivity contribution in [2.45, 2.75) is 40.2 Å². The molecule has 3 N–H and O–H groups in total. The van der Waals surface area contributed by atoms with E-state index < -0.39 is 11.7 Å². The van der Waals surface area contributed by atoms with Crippen LogP contribution in [0.15, 0.2) is 18.2 Å². The Labute approximate surface area is 143 Å². The minimum atomic E-state index is -0.541. The number of rotatable bonds is 6. The molecule has 24 heavy (non-hydrogen) atoms. The standard InChI is InChI=1S/C17H27N3O4/c1-12-6-7-14(10-13(12)2)23-11-20-15(21)18-8-9-19-16(22)24-17(3,4)5/h6-7,10H,8-9,11H2,1-5H3,(H,19,22)(H2,18,20,21). The van der Waals surface area contributed by atoms with Gasteiger partial charge < -0.3 is 25.4 Å². The molecular weight excluding hydrogens is 310 g/mol. The van der Waals surface area contributed by atoms with Gasteiger partial charge in [-0.15, -0.1) is 0 Å². The number of benzene rings is 1. The van der Waals surface area contributed by atoms with Gasteiger partial charge in [-0.05, 0) is 57.9 Å². The van der Waals surface area contributed by atoms with Crippen LogP contribution in [0.1, 0.15) is 31.9 Å². The molecule has 0 bridgehead atoms. The Bertz CT molecular complexity index is 567. The molecule has 0 aliphatic carbocycles. The van der Waals surface area contributed by atoms with Gasteiger partial charge in [-0.3, -0.25) is 0 Å². The van der Waals surface area contributed by atoms with Crippen LogP contribution in [0.3, 0.4) is 0 Å². The molecule has 0 aromatic heterocycles. The number of hydrogen-bond acceptors (Lipinski definition) is 4. The molecule has 0 saturated carbocycles. The van der Waals surface area contributed by atoms with Crippen molar-refractivity contribution >= 4 is 12.1 Å². The Kier molecular flexibility index (Phi) is 7.35. The molecule has 0 saturated heterocycles. The number of aryl methyl sites for hydroxylation is 2. The maximum Gasteiger partial charge on any atom is 0.407 e. The first-order chi connectivity index (χ1) is 11.2. The molecule has 0 spiro atoms. The zero-order valence-corrected chi connectivity index (χ0v) is 15.0. The zero-order valence-electron chi connectivity index (χ0n) is 15.0. The van der Waals surface area contributed by atoms with Gasteiger partial charge in [-0.1, -0.05) is 6.07 Å². The summed E-state index contributed by atoms with van der Waals surface area (Å²) in [5.41, 5.74) is 1.77. The topological polar surface area (TPSA) is 88.7 Å². The quantitative estimate of drug-likeness (QED) is 0.549. The highest BCUT2D eigenvalue weighted by atomic mass is 16.6. The van der Waals surface area contributed by atoms with Gasteiger partial charge in [0.2, 0.25) is 0 Å². The Hall–Kier alpha value is -2.44. The van der Waals surface area contributed by atoms with E-state index in [2.05, 4.69) is 16.0 Å². The van der Waals surface area contributed by atoms with Gasteiger partial charge in [0.1, 0.15) is 11.4 Å². The second kappa shape index (κ2) is 9.00. The molecule has 1 aromatic rings. The van der Waals surface area contributed by atoms with Gasteiger partial charge in [-0.25, -0.2) is 9.59 Å². The van der Waals surface area contributed by atoms with Gasteiger partial charge in [-0.2, -0.15) is 0 Å². The summed E-state index contributed by atoms with van der Waals surface area (Å²) in [5.74, 6) is 0.699. The number of alkyl carbamates (subject to hydrolysis) is 1. The zero-order chi connectivity index (χ0) is 18.2. The average Bonchev–Trinajstić information content (AvgIpc) is 2.45. The van der Waals surface area contributed by atoms with Crippen LogP contribution in [0.4, 0.5) is 9.59 Å². The lowest BCUT2D eigenvalue weighted by atomic mass is 10.1. The number of amides is 3. The van der Waals surface area contributed by atoms with E-state index in [1.807, 2.05) is 32.0 Å². The van der Waals surface area contributed by atoms with Crippen LogP contribution in [0, 0.1) is 13.8 Å². The maximum absolute atomic E-state index is 11.6. The molecule has 0 aliphatic heterocycles. The van der Waals surface area contributed by atoms with Crippen molar-refractivity contribution in [2.75, 3.05) is 19.8 Å². The Morgan fingerprint density at radius 1 is 1.00 bits per heavy atom. The fourth-order valence-corrected chi connectivity index (χ4v) is 1.71. The summed E-state index contributed by atoms with van der Waals surface area (Å²) in [4.78, 5) is 23.0. The molecule has 0 unspecified atom stereocenters. The van der Waals surface area contributed by atoms with E-state index in [0.29, 0.717) is 5.75 Å². The first-order valence-electron chi connectivity index (χ1n) is 7.86. The van der Waals surface area contributed by atoms with E-state index in [1.165, 1.54) is 5.56 Å². The number of carbonyl (C=O) groups is 2. The van der Waals surface area contributed by atoms with Crippen molar-refractivity contribution in [2.24, 2.45) is 0 Å². The molecular formula is C17H27N3O4. The highest BCUT2D eigenvalue weighted by Gasteiger charge is 2.15. The van der Waals surface area contributed by atoms with E-state index in [-0.39, 0.29) is 25.9 Å². The summed E-state index contributed by atoms with van der Waals surface area (Å²) in [5, 5.41) is 7.74. The van der Waals surface area contributed by atoms with E-state index in [0.717, 1.165) is 5.56 Å². The highest BCUT2D eigenvalue weighted by molar-refractivity contribution is 5.73. The van der Waals surface area contributed by atoms with Gasteiger partial charge in [0.25, 0.3) is 0 Å². The smallest absolute Gasteiger partial charge is 0.407 e. The van der Waals surface area contributed by atoms with Crippen LogP contribution in [0.25, 0.3) is 0 Å². The van der Waals surface area contributed by atoms with Crippen LogP contribution >= 0.6 is 0 Å². The molecule has 7 heteroatoms. The summed E-state index contributed by atoms with van der Waals surface area (Å²) in [6.07, 6.45) is -0.511. The van der Waals surface area contributed by atoms with Crippen LogP contribution in [0.5, 0.6) is 5.75 Å². The van der Waals surface area contributed by atoms with Crippen LogP contribution < -0.4 is 20.7 Å². The summed E-state index contributed by atoms with van der Waals surface area (Å²) in [6, 6.07) is 5.37. The van der Waals surface area contributed by atoms with Crippen molar-refractivity contribution in [3.8, 4) is 5.75 Å². The normalized spacial score (nSPS) is 10.7. The fraction of sp³-hybridized carbons (Fsp3) is 0.529. The molecule has 3 amide bonds. The molecule has 1 aromatic carbocycles. The lowest BCUT2D eigenvalue weighted by Crippen LogP contribution is -2.42.